The lowest BCUT2D eigenvalue weighted by atomic mass is 9.99. The van der Waals surface area contributed by atoms with Crippen LogP contribution in [0.3, 0.4) is 0 Å². The minimum atomic E-state index is -0.607. The maximum atomic E-state index is 12.1. The number of nitrogens with one attached hydrogen (secondary N) is 2. The lowest BCUT2D eigenvalue weighted by Gasteiger charge is -2.42. The Morgan fingerprint density at radius 3 is 2.76 bits per heavy atom. The number of nitrogens with zero attached hydrogens (tertiary/aromatic N) is 3. The Hall–Kier alpha value is -1.85. The molecule has 1 aromatic rings. The molecule has 1 amide bonds. The van der Waals surface area contributed by atoms with E-state index in [0.29, 0.717) is 6.54 Å². The largest absolute Gasteiger partial charge is 0.370 e. The highest BCUT2D eigenvalue weighted by Crippen LogP contribution is 2.27. The Balaban J connectivity index is 2.44. The number of anilines is 2. The van der Waals surface area contributed by atoms with Crippen molar-refractivity contribution in [3.8, 4) is 0 Å². The topological polar surface area (TPSA) is 70.2 Å². The van der Waals surface area contributed by atoms with Crippen LogP contribution in [0, 0.1) is 0 Å². The maximum absolute atomic E-state index is 12.1. The van der Waals surface area contributed by atoms with E-state index in [-0.39, 0.29) is 11.8 Å². The van der Waals surface area contributed by atoms with Crippen molar-refractivity contribution < 1.29 is 4.79 Å². The molecule has 21 heavy (non-hydrogen) atoms. The van der Waals surface area contributed by atoms with Crippen molar-refractivity contribution in [3.05, 3.63) is 11.9 Å². The molecule has 6 heteroatoms. The molecule has 1 fully saturated rings. The summed E-state index contributed by atoms with van der Waals surface area (Å²) < 4.78 is 0. The van der Waals surface area contributed by atoms with Gasteiger partial charge in [0.15, 0.2) is 0 Å². The van der Waals surface area contributed by atoms with Crippen LogP contribution in [-0.4, -0.2) is 41.0 Å². The second kappa shape index (κ2) is 5.87. The van der Waals surface area contributed by atoms with E-state index in [1.54, 1.807) is 0 Å². The zero-order valence-electron chi connectivity index (χ0n) is 13.5. The summed E-state index contributed by atoms with van der Waals surface area (Å²) in [5, 5.41) is 6.15. The molecule has 6 nitrogen and oxygen atoms in total. The number of carbonyl (C=O) groups excluding carboxylic acids is 1. The van der Waals surface area contributed by atoms with Crippen molar-refractivity contribution in [2.45, 2.75) is 46.1 Å². The molecular weight excluding hydrogens is 266 g/mol. The average Bonchev–Trinajstić information content (AvgIpc) is 2.41. The molecule has 0 aromatic carbocycles. The summed E-state index contributed by atoms with van der Waals surface area (Å²) >= 11 is 0. The first-order valence-electron chi connectivity index (χ1n) is 7.55. The summed E-state index contributed by atoms with van der Waals surface area (Å²) in [4.78, 5) is 23.4. The SMILES string of the molecule is CCNc1cc(N2CCNC(=O)C2(C)C)nc(C(C)C)n1. The van der Waals surface area contributed by atoms with Gasteiger partial charge in [-0.05, 0) is 20.8 Å². The highest BCUT2D eigenvalue weighted by molar-refractivity contribution is 5.90. The third-order valence-electron chi connectivity index (χ3n) is 3.73. The fourth-order valence-corrected chi connectivity index (χ4v) is 2.42. The van der Waals surface area contributed by atoms with Crippen LogP contribution in [0.15, 0.2) is 6.07 Å². The van der Waals surface area contributed by atoms with Crippen molar-refractivity contribution >= 4 is 17.5 Å². The van der Waals surface area contributed by atoms with Crippen molar-refractivity contribution in [1.29, 1.82) is 0 Å². The van der Waals surface area contributed by atoms with E-state index in [2.05, 4.69) is 39.3 Å². The highest BCUT2D eigenvalue weighted by atomic mass is 16.2. The quantitative estimate of drug-likeness (QED) is 0.884. The van der Waals surface area contributed by atoms with Gasteiger partial charge < -0.3 is 15.5 Å². The molecule has 1 aliphatic rings. The molecule has 0 radical (unpaired) electrons. The van der Waals surface area contributed by atoms with Gasteiger partial charge in [0.05, 0.1) is 0 Å². The third kappa shape index (κ3) is 3.09. The van der Waals surface area contributed by atoms with Crippen LogP contribution >= 0.6 is 0 Å². The predicted molar refractivity (Wildman–Crippen MR) is 84.7 cm³/mol. The smallest absolute Gasteiger partial charge is 0.245 e. The van der Waals surface area contributed by atoms with Gasteiger partial charge in [0.25, 0.3) is 0 Å². The predicted octanol–water partition coefficient (Wildman–Crippen LogP) is 1.75. The molecule has 0 bridgehead atoms. The highest BCUT2D eigenvalue weighted by Gasteiger charge is 2.38. The summed E-state index contributed by atoms with van der Waals surface area (Å²) in [6.45, 7) is 12.2. The molecule has 116 valence electrons. The molecule has 1 aliphatic heterocycles. The van der Waals surface area contributed by atoms with Crippen LogP contribution in [0.2, 0.25) is 0 Å². The van der Waals surface area contributed by atoms with Gasteiger partial charge in [0.2, 0.25) is 5.91 Å². The van der Waals surface area contributed by atoms with Gasteiger partial charge in [0, 0.05) is 31.6 Å². The molecule has 1 aromatic heterocycles. The van der Waals surface area contributed by atoms with E-state index in [1.165, 1.54) is 0 Å². The lowest BCUT2D eigenvalue weighted by molar-refractivity contribution is -0.126. The van der Waals surface area contributed by atoms with Crippen molar-refractivity contribution in [3.63, 3.8) is 0 Å². The molecule has 0 saturated carbocycles. The van der Waals surface area contributed by atoms with Gasteiger partial charge >= 0.3 is 0 Å². The normalized spacial score (nSPS) is 17.8. The molecule has 0 aliphatic carbocycles. The molecule has 2 rings (SSSR count). The van der Waals surface area contributed by atoms with Gasteiger partial charge in [-0.2, -0.15) is 0 Å². The summed E-state index contributed by atoms with van der Waals surface area (Å²) in [5.74, 6) is 2.69. The standard InChI is InChI=1S/C15H25N5O/c1-6-16-11-9-12(19-13(18-11)10(2)3)20-8-7-17-14(21)15(20,4)5/h9-10H,6-8H2,1-5H3,(H,17,21)(H,16,18,19). The van der Waals surface area contributed by atoms with E-state index in [9.17, 15) is 4.79 Å². The molecule has 1 saturated heterocycles. The summed E-state index contributed by atoms with van der Waals surface area (Å²) in [5.41, 5.74) is -0.607. The lowest BCUT2D eigenvalue weighted by Crippen LogP contribution is -2.62. The minimum Gasteiger partial charge on any atom is -0.370 e. The van der Waals surface area contributed by atoms with E-state index < -0.39 is 5.54 Å². The van der Waals surface area contributed by atoms with Crippen LogP contribution in [0.5, 0.6) is 0 Å². The Bertz CT molecular complexity index is 527. The molecule has 2 N–H and O–H groups in total. The van der Waals surface area contributed by atoms with Crippen molar-refractivity contribution in [2.24, 2.45) is 0 Å². The molecule has 0 spiro atoms. The minimum absolute atomic E-state index is 0.0310. The van der Waals surface area contributed by atoms with E-state index in [4.69, 9.17) is 0 Å². The first-order chi connectivity index (χ1) is 9.86. The van der Waals surface area contributed by atoms with Crippen LogP contribution in [0.1, 0.15) is 46.4 Å². The van der Waals surface area contributed by atoms with Gasteiger partial charge in [-0.1, -0.05) is 13.8 Å². The number of carbonyl (C=O) groups is 1. The first-order valence-corrected chi connectivity index (χ1v) is 7.55. The zero-order valence-corrected chi connectivity index (χ0v) is 13.5. The van der Waals surface area contributed by atoms with Gasteiger partial charge in [-0.3, -0.25) is 4.79 Å². The van der Waals surface area contributed by atoms with Gasteiger partial charge in [-0.15, -0.1) is 0 Å². The summed E-state index contributed by atoms with van der Waals surface area (Å²) in [7, 11) is 0. The fourth-order valence-electron chi connectivity index (χ4n) is 2.42. The number of hydrogen-bond donors (Lipinski definition) is 2. The molecule has 2 heterocycles. The Morgan fingerprint density at radius 2 is 2.14 bits per heavy atom. The van der Waals surface area contributed by atoms with Crippen molar-refractivity contribution in [1.82, 2.24) is 15.3 Å². The van der Waals surface area contributed by atoms with Crippen LogP contribution in [0.4, 0.5) is 11.6 Å². The second-order valence-corrected chi connectivity index (χ2v) is 6.12. The Morgan fingerprint density at radius 1 is 1.43 bits per heavy atom. The number of amides is 1. The third-order valence-corrected chi connectivity index (χ3v) is 3.73. The monoisotopic (exact) mass is 291 g/mol. The van der Waals surface area contributed by atoms with E-state index in [0.717, 1.165) is 30.5 Å². The number of aromatic nitrogens is 2. The first kappa shape index (κ1) is 15.5. The summed E-state index contributed by atoms with van der Waals surface area (Å²) in [6, 6.07) is 1.93. The number of rotatable bonds is 4. The molecule has 0 atom stereocenters. The Labute approximate surface area is 126 Å². The number of hydrogen-bond acceptors (Lipinski definition) is 5. The summed E-state index contributed by atoms with van der Waals surface area (Å²) in [6.07, 6.45) is 0. The van der Waals surface area contributed by atoms with E-state index in [1.807, 2.05) is 26.8 Å². The fraction of sp³-hybridized carbons (Fsp3) is 0.667. The molecule has 0 unspecified atom stereocenters. The van der Waals surface area contributed by atoms with Gasteiger partial charge in [0.1, 0.15) is 23.0 Å². The van der Waals surface area contributed by atoms with Gasteiger partial charge in [-0.25, -0.2) is 9.97 Å². The Kier molecular flexibility index (Phi) is 4.34. The maximum Gasteiger partial charge on any atom is 0.245 e. The second-order valence-electron chi connectivity index (χ2n) is 6.12. The zero-order chi connectivity index (χ0) is 15.6. The van der Waals surface area contributed by atoms with E-state index >= 15 is 0 Å². The van der Waals surface area contributed by atoms with Crippen LogP contribution < -0.4 is 15.5 Å². The molecular formula is C15H25N5O. The van der Waals surface area contributed by atoms with Crippen LogP contribution in [-0.2, 0) is 4.79 Å². The van der Waals surface area contributed by atoms with Crippen molar-refractivity contribution in [2.75, 3.05) is 29.9 Å². The average molecular weight is 291 g/mol. The van der Waals surface area contributed by atoms with Crippen LogP contribution in [0.25, 0.3) is 0 Å². The number of piperazine rings is 1.